The molecule has 0 unspecified atom stereocenters. The number of hydrogen-bond donors (Lipinski definition) is 2. The third-order valence-corrected chi connectivity index (χ3v) is 5.83. The predicted molar refractivity (Wildman–Crippen MR) is 135 cm³/mol. The van der Waals surface area contributed by atoms with Crippen molar-refractivity contribution in [2.75, 3.05) is 10.2 Å². The first-order valence-electron chi connectivity index (χ1n) is 10.8. The molecule has 4 rings (SSSR count). The number of nitrogens with one attached hydrogen (secondary N) is 2. The maximum Gasteiger partial charge on any atom is 0.248 e. The summed E-state index contributed by atoms with van der Waals surface area (Å²) in [6.07, 6.45) is 2.87. The molecule has 2 heterocycles. The van der Waals surface area contributed by atoms with Crippen LogP contribution in [0.2, 0.25) is 0 Å². The molecule has 0 fully saturated rings. The number of H-pyrrole nitrogens is 1. The molecule has 0 aliphatic heterocycles. The summed E-state index contributed by atoms with van der Waals surface area (Å²) < 4.78 is 14.3. The van der Waals surface area contributed by atoms with Crippen molar-refractivity contribution in [3.63, 3.8) is 0 Å². The van der Waals surface area contributed by atoms with Gasteiger partial charge in [0.05, 0.1) is 17.1 Å². The second-order valence-corrected chi connectivity index (χ2v) is 8.76. The zero-order valence-corrected chi connectivity index (χ0v) is 20.1. The first-order valence-corrected chi connectivity index (χ1v) is 11.7. The number of nitrogens with zero attached hydrogens (tertiary/aromatic N) is 4. The first-order chi connectivity index (χ1) is 16.8. The number of carbonyl (C=O) groups excluding carboxylic acids is 2. The summed E-state index contributed by atoms with van der Waals surface area (Å²) in [5, 5.41) is 12.0. The van der Waals surface area contributed by atoms with Crippen LogP contribution in [0.25, 0.3) is 17.5 Å². The van der Waals surface area contributed by atoms with Crippen molar-refractivity contribution in [1.29, 1.82) is 0 Å². The fourth-order valence-electron chi connectivity index (χ4n) is 3.27. The molecule has 2 N–H and O–H groups in total. The van der Waals surface area contributed by atoms with Gasteiger partial charge in [-0.15, -0.1) is 11.3 Å². The number of aromatic nitrogens is 4. The molecule has 0 aliphatic carbocycles. The van der Waals surface area contributed by atoms with Crippen LogP contribution < -0.4 is 10.2 Å². The van der Waals surface area contributed by atoms with E-state index in [9.17, 15) is 14.0 Å². The van der Waals surface area contributed by atoms with Gasteiger partial charge in [-0.2, -0.15) is 5.10 Å². The van der Waals surface area contributed by atoms with Gasteiger partial charge in [0.1, 0.15) is 11.6 Å². The summed E-state index contributed by atoms with van der Waals surface area (Å²) in [5.41, 5.74) is 1.84. The van der Waals surface area contributed by atoms with Gasteiger partial charge in [-0.05, 0) is 30.3 Å². The lowest BCUT2D eigenvalue weighted by molar-refractivity contribution is -0.116. The quantitative estimate of drug-likeness (QED) is 0.332. The lowest BCUT2D eigenvalue weighted by Gasteiger charge is -2.18. The van der Waals surface area contributed by atoms with Crippen molar-refractivity contribution >= 4 is 45.7 Å². The minimum Gasteiger partial charge on any atom is -0.322 e. The Morgan fingerprint density at radius 2 is 1.86 bits per heavy atom. The Bertz CT molecular complexity index is 1390. The van der Waals surface area contributed by atoms with Crippen LogP contribution in [-0.2, 0) is 9.59 Å². The van der Waals surface area contributed by atoms with Crippen molar-refractivity contribution in [2.45, 2.75) is 26.7 Å². The van der Waals surface area contributed by atoms with Gasteiger partial charge >= 0.3 is 0 Å². The van der Waals surface area contributed by atoms with Crippen LogP contribution in [-0.4, -0.2) is 32.0 Å². The molecule has 0 saturated heterocycles. The maximum atomic E-state index is 14.3. The highest BCUT2D eigenvalue weighted by Gasteiger charge is 2.20. The van der Waals surface area contributed by atoms with E-state index < -0.39 is 5.82 Å². The number of rotatable bonds is 7. The minimum absolute atomic E-state index is 0.117. The van der Waals surface area contributed by atoms with E-state index in [1.807, 2.05) is 32.0 Å². The van der Waals surface area contributed by atoms with Crippen LogP contribution in [0.3, 0.4) is 0 Å². The topological polar surface area (TPSA) is 104 Å². The van der Waals surface area contributed by atoms with Gasteiger partial charge in [-0.1, -0.05) is 38.1 Å². The van der Waals surface area contributed by atoms with Crippen LogP contribution in [0.5, 0.6) is 0 Å². The third-order valence-electron chi connectivity index (χ3n) is 4.99. The summed E-state index contributed by atoms with van der Waals surface area (Å²) in [6, 6.07) is 13.2. The van der Waals surface area contributed by atoms with Gasteiger partial charge in [0.15, 0.2) is 11.0 Å². The van der Waals surface area contributed by atoms with Crippen molar-refractivity contribution < 1.29 is 14.0 Å². The number of thiazole rings is 1. The lowest BCUT2D eigenvalue weighted by atomic mass is 10.1. The Labute approximate surface area is 205 Å². The average Bonchev–Trinajstić information content (AvgIpc) is 3.50. The predicted octanol–water partition coefficient (Wildman–Crippen LogP) is 5.53. The molecule has 2 aromatic heterocycles. The van der Waals surface area contributed by atoms with E-state index in [2.05, 4.69) is 25.5 Å². The molecule has 0 atom stereocenters. The highest BCUT2D eigenvalue weighted by atomic mass is 32.1. The number of para-hydroxylation sites is 2. The van der Waals surface area contributed by atoms with Crippen molar-refractivity contribution in [1.82, 2.24) is 20.2 Å². The van der Waals surface area contributed by atoms with Crippen LogP contribution in [0.1, 0.15) is 38.2 Å². The van der Waals surface area contributed by atoms with Crippen LogP contribution >= 0.6 is 11.3 Å². The molecule has 0 bridgehead atoms. The summed E-state index contributed by atoms with van der Waals surface area (Å²) >= 11 is 1.17. The van der Waals surface area contributed by atoms with Gasteiger partial charge < -0.3 is 5.32 Å². The summed E-state index contributed by atoms with van der Waals surface area (Å²) in [4.78, 5) is 34.9. The molecule has 178 valence electrons. The Balaban J connectivity index is 1.50. The zero-order chi connectivity index (χ0) is 24.9. The molecular weight excluding hydrogens is 467 g/mol. The van der Waals surface area contributed by atoms with E-state index in [-0.39, 0.29) is 23.4 Å². The number of carbonyl (C=O) groups is 2. The average molecular weight is 491 g/mol. The van der Waals surface area contributed by atoms with E-state index in [0.717, 1.165) is 5.82 Å². The van der Waals surface area contributed by atoms with Gasteiger partial charge in [-0.3, -0.25) is 19.6 Å². The summed E-state index contributed by atoms with van der Waals surface area (Å²) in [7, 11) is 0. The van der Waals surface area contributed by atoms with Crippen molar-refractivity contribution in [3.05, 3.63) is 77.3 Å². The monoisotopic (exact) mass is 490 g/mol. The lowest BCUT2D eigenvalue weighted by Crippen LogP contribution is -2.23. The van der Waals surface area contributed by atoms with Crippen LogP contribution in [0.15, 0.2) is 60.0 Å². The van der Waals surface area contributed by atoms with E-state index in [1.54, 1.807) is 23.6 Å². The van der Waals surface area contributed by atoms with Gasteiger partial charge in [0.25, 0.3) is 0 Å². The Kier molecular flexibility index (Phi) is 7.11. The number of aromatic amines is 1. The van der Waals surface area contributed by atoms with E-state index in [4.69, 9.17) is 0 Å². The molecule has 0 aliphatic rings. The van der Waals surface area contributed by atoms with E-state index in [0.29, 0.717) is 27.9 Å². The molecule has 8 nitrogen and oxygen atoms in total. The number of amides is 2. The molecule has 0 spiro atoms. The number of halogens is 1. The Hall–Kier alpha value is -4.18. The van der Waals surface area contributed by atoms with Gasteiger partial charge in [-0.25, -0.2) is 14.4 Å². The van der Waals surface area contributed by atoms with E-state index >= 15 is 0 Å². The third kappa shape index (κ3) is 5.49. The Morgan fingerprint density at radius 3 is 2.57 bits per heavy atom. The highest BCUT2D eigenvalue weighted by molar-refractivity contribution is 7.14. The first kappa shape index (κ1) is 24.0. The summed E-state index contributed by atoms with van der Waals surface area (Å²) in [6.45, 7) is 5.36. The second kappa shape index (κ2) is 10.4. The molecule has 0 radical (unpaired) electrons. The SMILES string of the molecule is CC(=O)N(c1nc(C=CC(=O)Nc2ccccc2-c2n[nH]c(C(C)C)n2)cs1)c1ccccc1F. The largest absolute Gasteiger partial charge is 0.322 e. The van der Waals surface area contributed by atoms with Gasteiger partial charge in [0, 0.05) is 29.9 Å². The molecule has 0 saturated carbocycles. The fourth-order valence-corrected chi connectivity index (χ4v) is 4.12. The Morgan fingerprint density at radius 1 is 1.11 bits per heavy atom. The fraction of sp³-hybridized carbons (Fsp3) is 0.160. The zero-order valence-electron chi connectivity index (χ0n) is 19.3. The van der Waals surface area contributed by atoms with Gasteiger partial charge in [0.2, 0.25) is 11.8 Å². The summed E-state index contributed by atoms with van der Waals surface area (Å²) in [5.74, 6) is 0.179. The van der Waals surface area contributed by atoms with Crippen LogP contribution in [0, 0.1) is 5.82 Å². The molecule has 2 aromatic carbocycles. The maximum absolute atomic E-state index is 14.3. The number of anilines is 3. The number of hydrogen-bond acceptors (Lipinski definition) is 6. The van der Waals surface area contributed by atoms with Crippen LogP contribution in [0.4, 0.5) is 20.9 Å². The molecule has 4 aromatic rings. The smallest absolute Gasteiger partial charge is 0.248 e. The standard InChI is InChI=1S/C25H23FN6O2S/c1-15(2)23-29-24(31-30-23)18-8-4-6-10-20(18)28-22(34)13-12-17-14-35-25(27-17)32(16(3)33)21-11-7-5-9-19(21)26/h4-15H,1-3H3,(H,28,34)(H,29,30,31). The van der Waals surface area contributed by atoms with Crippen molar-refractivity contribution in [2.24, 2.45) is 0 Å². The number of benzene rings is 2. The molecular formula is C25H23FN6O2S. The normalized spacial score (nSPS) is 11.2. The molecule has 10 heteroatoms. The molecule has 2 amide bonds. The molecule has 35 heavy (non-hydrogen) atoms. The second-order valence-electron chi connectivity index (χ2n) is 7.93. The van der Waals surface area contributed by atoms with Crippen molar-refractivity contribution in [3.8, 4) is 11.4 Å². The minimum atomic E-state index is -0.528. The highest BCUT2D eigenvalue weighted by Crippen LogP contribution is 2.31. The van der Waals surface area contributed by atoms with E-state index in [1.165, 1.54) is 47.4 Å².